The zero-order chi connectivity index (χ0) is 10.7. The number of pyridine rings is 1. The number of aromatic nitrogens is 1. The lowest BCUT2D eigenvalue weighted by Crippen LogP contribution is -1.95. The van der Waals surface area contributed by atoms with Crippen molar-refractivity contribution in [1.29, 1.82) is 0 Å². The molecule has 0 aliphatic rings. The van der Waals surface area contributed by atoms with Crippen LogP contribution in [0.2, 0.25) is 0 Å². The topological polar surface area (TPSA) is 47.9 Å². The van der Waals surface area contributed by atoms with Gasteiger partial charge in [0.05, 0.1) is 0 Å². The van der Waals surface area contributed by atoms with Crippen LogP contribution in [0, 0.1) is 0 Å². The Hall–Kier alpha value is -1.19. The normalized spacial score (nSPS) is 11.6. The Morgan fingerprint density at radius 2 is 1.44 bits per heavy atom. The third kappa shape index (κ3) is 2.90. The molecule has 0 spiro atoms. The maximum atomic E-state index is 4.03. The molecule has 2 aromatic rings. The molecule has 0 fully saturated rings. The first-order chi connectivity index (χ1) is 7.27. The minimum Gasteiger partial charge on any atom is -0.344 e. The van der Waals surface area contributed by atoms with Gasteiger partial charge in [-0.25, -0.2) is 0 Å². The van der Waals surface area contributed by atoms with Crippen molar-refractivity contribution in [2.75, 3.05) is 0 Å². The van der Waals surface area contributed by atoms with E-state index in [2.05, 4.69) is 64.2 Å². The fourth-order valence-electron chi connectivity index (χ4n) is 1.60. The van der Waals surface area contributed by atoms with Crippen LogP contribution in [-0.2, 0) is 0 Å². The monoisotopic (exact) mass is 278 g/mol. The van der Waals surface area contributed by atoms with Crippen LogP contribution in [0.4, 0.5) is 0 Å². The van der Waals surface area contributed by atoms with Crippen molar-refractivity contribution in [3.05, 3.63) is 64.4 Å². The van der Waals surface area contributed by atoms with Crippen molar-refractivity contribution in [3.63, 3.8) is 0 Å². The number of nitrogens with zero attached hydrogens (tertiary/aromatic N) is 1. The van der Waals surface area contributed by atoms with Gasteiger partial charge in [0.2, 0.25) is 0 Å². The van der Waals surface area contributed by atoms with Gasteiger partial charge in [-0.3, -0.25) is 4.98 Å². The van der Waals surface area contributed by atoms with Crippen LogP contribution in [0.1, 0.15) is 24.0 Å². The summed E-state index contributed by atoms with van der Waals surface area (Å²) in [6.45, 7) is 2.21. The summed E-state index contributed by atoms with van der Waals surface area (Å²) in [4.78, 5) is 4.03. The lowest BCUT2D eigenvalue weighted by Gasteiger charge is -2.11. The molecule has 1 aromatic heterocycles. The Balaban J connectivity index is 0.00000128. The zero-order valence-corrected chi connectivity index (χ0v) is 10.8. The smallest absolute Gasteiger partial charge is 0.0270 e. The Kier molecular flexibility index (Phi) is 4.65. The summed E-state index contributed by atoms with van der Waals surface area (Å²) in [5.41, 5.74) is 2.62. The maximum absolute atomic E-state index is 4.03. The van der Waals surface area contributed by atoms with Gasteiger partial charge in [0.1, 0.15) is 0 Å². The Labute approximate surface area is 104 Å². The molecule has 0 saturated heterocycles. The highest BCUT2D eigenvalue weighted by atomic mass is 79.9. The van der Waals surface area contributed by atoms with E-state index < -0.39 is 0 Å². The molecule has 1 atom stereocenters. The highest BCUT2D eigenvalue weighted by molar-refractivity contribution is 9.10. The fourth-order valence-corrected chi connectivity index (χ4v) is 1.86. The predicted molar refractivity (Wildman–Crippen MR) is 70.9 cm³/mol. The third-order valence-electron chi connectivity index (χ3n) is 2.58. The highest BCUT2D eigenvalue weighted by Crippen LogP contribution is 2.24. The third-order valence-corrected chi connectivity index (χ3v) is 3.10. The molecule has 84 valence electrons. The summed E-state index contributed by atoms with van der Waals surface area (Å²) in [5, 5.41) is 0. The first-order valence-electron chi connectivity index (χ1n) is 4.93. The minimum atomic E-state index is 0. The lowest BCUT2D eigenvalue weighted by molar-refractivity contribution is 0.917. The molecule has 1 aromatic carbocycles. The van der Waals surface area contributed by atoms with E-state index in [4.69, 9.17) is 0 Å². The van der Waals surface area contributed by atoms with Gasteiger partial charge in [-0.2, -0.15) is 0 Å². The van der Waals surface area contributed by atoms with E-state index in [1.165, 1.54) is 11.1 Å². The van der Waals surface area contributed by atoms with Gasteiger partial charge in [0, 0.05) is 22.8 Å². The summed E-state index contributed by atoms with van der Waals surface area (Å²) in [6.07, 6.45) is 3.68. The standard InChI is InChI=1S/C13H12BrN.H3N/c1-10(12-6-8-15-9-7-12)11-2-4-13(14)5-3-11;/h2-10H,1H3;1H3. The second kappa shape index (κ2) is 5.77. The van der Waals surface area contributed by atoms with Crippen LogP contribution in [0.25, 0.3) is 0 Å². The van der Waals surface area contributed by atoms with Crippen molar-refractivity contribution < 1.29 is 0 Å². The molecule has 3 N–H and O–H groups in total. The van der Waals surface area contributed by atoms with E-state index in [0.717, 1.165) is 4.47 Å². The van der Waals surface area contributed by atoms with Gasteiger partial charge in [0.25, 0.3) is 0 Å². The van der Waals surface area contributed by atoms with Gasteiger partial charge in [-0.1, -0.05) is 35.0 Å². The number of rotatable bonds is 2. The fraction of sp³-hybridized carbons (Fsp3) is 0.154. The van der Waals surface area contributed by atoms with E-state index in [1.54, 1.807) is 0 Å². The summed E-state index contributed by atoms with van der Waals surface area (Å²) in [7, 11) is 0. The average Bonchev–Trinajstić information content (AvgIpc) is 2.30. The van der Waals surface area contributed by atoms with Gasteiger partial charge < -0.3 is 6.15 Å². The van der Waals surface area contributed by atoms with Crippen molar-refractivity contribution in [2.45, 2.75) is 12.8 Å². The second-order valence-electron chi connectivity index (χ2n) is 3.55. The molecule has 16 heavy (non-hydrogen) atoms. The van der Waals surface area contributed by atoms with Crippen LogP contribution in [-0.4, -0.2) is 4.98 Å². The van der Waals surface area contributed by atoms with Crippen molar-refractivity contribution in [3.8, 4) is 0 Å². The molecule has 0 bridgehead atoms. The molecule has 0 aliphatic heterocycles. The first-order valence-corrected chi connectivity index (χ1v) is 5.72. The van der Waals surface area contributed by atoms with Gasteiger partial charge in [-0.05, 0) is 35.4 Å². The van der Waals surface area contributed by atoms with E-state index in [0.29, 0.717) is 5.92 Å². The average molecular weight is 279 g/mol. The summed E-state index contributed by atoms with van der Waals surface area (Å²) in [6, 6.07) is 12.6. The van der Waals surface area contributed by atoms with Crippen molar-refractivity contribution in [2.24, 2.45) is 0 Å². The van der Waals surface area contributed by atoms with Gasteiger partial charge in [-0.15, -0.1) is 0 Å². The van der Waals surface area contributed by atoms with Crippen LogP contribution in [0.15, 0.2) is 53.3 Å². The Morgan fingerprint density at radius 1 is 0.938 bits per heavy atom. The molecule has 0 radical (unpaired) electrons. The molecule has 2 nitrogen and oxygen atoms in total. The number of halogens is 1. The van der Waals surface area contributed by atoms with Gasteiger partial charge >= 0.3 is 0 Å². The molecule has 1 heterocycles. The second-order valence-corrected chi connectivity index (χ2v) is 4.47. The largest absolute Gasteiger partial charge is 0.344 e. The molecular weight excluding hydrogens is 264 g/mol. The van der Waals surface area contributed by atoms with E-state index in [1.807, 2.05) is 12.4 Å². The quantitative estimate of drug-likeness (QED) is 0.897. The first kappa shape index (κ1) is 12.9. The van der Waals surface area contributed by atoms with Crippen molar-refractivity contribution >= 4 is 15.9 Å². The van der Waals surface area contributed by atoms with Crippen LogP contribution in [0.3, 0.4) is 0 Å². The van der Waals surface area contributed by atoms with Crippen LogP contribution < -0.4 is 6.15 Å². The molecular formula is C13H15BrN2. The van der Waals surface area contributed by atoms with E-state index >= 15 is 0 Å². The SMILES string of the molecule is CC(c1ccncc1)c1ccc(Br)cc1.N. The predicted octanol–water partition coefficient (Wildman–Crippen LogP) is 4.16. The summed E-state index contributed by atoms with van der Waals surface area (Å²) >= 11 is 3.44. The number of hydrogen-bond donors (Lipinski definition) is 1. The lowest BCUT2D eigenvalue weighted by atomic mass is 9.94. The molecule has 2 rings (SSSR count). The highest BCUT2D eigenvalue weighted by Gasteiger charge is 2.06. The Bertz CT molecular complexity index is 425. The number of benzene rings is 1. The van der Waals surface area contributed by atoms with E-state index in [9.17, 15) is 0 Å². The minimum absolute atomic E-state index is 0. The molecule has 1 unspecified atom stereocenters. The zero-order valence-electron chi connectivity index (χ0n) is 9.23. The Morgan fingerprint density at radius 3 is 2.00 bits per heavy atom. The molecule has 0 saturated carbocycles. The summed E-state index contributed by atoms with van der Waals surface area (Å²) in [5.74, 6) is 0.418. The number of hydrogen-bond acceptors (Lipinski definition) is 2. The molecule has 3 heteroatoms. The van der Waals surface area contributed by atoms with Crippen LogP contribution >= 0.6 is 15.9 Å². The van der Waals surface area contributed by atoms with Gasteiger partial charge in [0.15, 0.2) is 0 Å². The molecule has 0 aliphatic carbocycles. The van der Waals surface area contributed by atoms with Crippen LogP contribution in [0.5, 0.6) is 0 Å². The van der Waals surface area contributed by atoms with E-state index in [-0.39, 0.29) is 6.15 Å². The van der Waals surface area contributed by atoms with Crippen molar-refractivity contribution in [1.82, 2.24) is 11.1 Å². The molecule has 0 amide bonds. The summed E-state index contributed by atoms with van der Waals surface area (Å²) < 4.78 is 1.12. The maximum Gasteiger partial charge on any atom is 0.0270 e.